The summed E-state index contributed by atoms with van der Waals surface area (Å²) in [7, 11) is 2.10. The summed E-state index contributed by atoms with van der Waals surface area (Å²) in [6, 6.07) is 4.85. The molecule has 0 unspecified atom stereocenters. The van der Waals surface area contributed by atoms with Crippen LogP contribution in [0.15, 0.2) is 30.6 Å². The van der Waals surface area contributed by atoms with Gasteiger partial charge in [-0.1, -0.05) is 0 Å². The number of hydrogen-bond acceptors (Lipinski definition) is 7. The molecule has 0 atom stereocenters. The molecule has 0 saturated carbocycles. The Morgan fingerprint density at radius 2 is 1.69 bits per heavy atom. The summed E-state index contributed by atoms with van der Waals surface area (Å²) in [4.78, 5) is 25.2. The average Bonchev–Trinajstić information content (AvgIpc) is 3.11. The standard InChI is InChI=1S/C17H20N6O3/c1-22-4-6-23(7-5-22)16-18-9-13(10-19-16)21-17(24)20-12-2-3-14-15(8-12)26-11-25-14/h2-3,8-10H,4-7,11H2,1H3,(H2,20,21,24). The quantitative estimate of drug-likeness (QED) is 0.863. The highest BCUT2D eigenvalue weighted by Crippen LogP contribution is 2.34. The molecule has 9 heteroatoms. The first-order valence-electron chi connectivity index (χ1n) is 8.40. The fraction of sp³-hybridized carbons (Fsp3) is 0.353. The van der Waals surface area contributed by atoms with Gasteiger partial charge in [-0.15, -0.1) is 0 Å². The first kappa shape index (κ1) is 16.4. The van der Waals surface area contributed by atoms with Crippen LogP contribution in [0.4, 0.5) is 22.1 Å². The molecule has 1 aromatic heterocycles. The number of benzene rings is 1. The molecular weight excluding hydrogens is 336 g/mol. The van der Waals surface area contributed by atoms with Crippen LogP contribution in [0.25, 0.3) is 0 Å². The first-order valence-corrected chi connectivity index (χ1v) is 8.40. The number of anilines is 3. The highest BCUT2D eigenvalue weighted by atomic mass is 16.7. The van der Waals surface area contributed by atoms with E-state index in [2.05, 4.69) is 37.4 Å². The number of urea groups is 1. The van der Waals surface area contributed by atoms with Gasteiger partial charge in [0.05, 0.1) is 18.1 Å². The Morgan fingerprint density at radius 1 is 1.00 bits per heavy atom. The van der Waals surface area contributed by atoms with E-state index >= 15 is 0 Å². The molecular formula is C17H20N6O3. The number of nitrogens with one attached hydrogen (secondary N) is 2. The van der Waals surface area contributed by atoms with E-state index in [1.807, 2.05) is 0 Å². The second-order valence-corrected chi connectivity index (χ2v) is 6.21. The molecule has 2 aliphatic heterocycles. The summed E-state index contributed by atoms with van der Waals surface area (Å²) in [6.07, 6.45) is 3.22. The van der Waals surface area contributed by atoms with E-state index in [0.717, 1.165) is 26.2 Å². The number of amides is 2. The monoisotopic (exact) mass is 356 g/mol. The molecule has 9 nitrogen and oxygen atoms in total. The lowest BCUT2D eigenvalue weighted by molar-refractivity contribution is 0.174. The number of ether oxygens (including phenoxy) is 2. The molecule has 4 rings (SSSR count). The molecule has 136 valence electrons. The van der Waals surface area contributed by atoms with Gasteiger partial charge in [0, 0.05) is 37.9 Å². The fourth-order valence-electron chi connectivity index (χ4n) is 2.82. The van der Waals surface area contributed by atoms with Crippen molar-refractivity contribution in [1.82, 2.24) is 14.9 Å². The summed E-state index contributed by atoms with van der Waals surface area (Å²) in [6.45, 7) is 3.96. The molecule has 2 N–H and O–H groups in total. The summed E-state index contributed by atoms with van der Waals surface area (Å²) >= 11 is 0. The molecule has 3 heterocycles. The van der Waals surface area contributed by atoms with Crippen molar-refractivity contribution in [2.45, 2.75) is 0 Å². The average molecular weight is 356 g/mol. The van der Waals surface area contributed by atoms with Crippen LogP contribution >= 0.6 is 0 Å². The van der Waals surface area contributed by atoms with Crippen molar-refractivity contribution in [2.75, 3.05) is 55.6 Å². The van der Waals surface area contributed by atoms with E-state index in [-0.39, 0.29) is 12.8 Å². The number of carbonyl (C=O) groups excluding carboxylic acids is 1. The number of hydrogen-bond donors (Lipinski definition) is 2. The lowest BCUT2D eigenvalue weighted by Crippen LogP contribution is -2.45. The van der Waals surface area contributed by atoms with Gasteiger partial charge in [-0.05, 0) is 19.2 Å². The van der Waals surface area contributed by atoms with Gasteiger partial charge >= 0.3 is 6.03 Å². The maximum absolute atomic E-state index is 12.1. The van der Waals surface area contributed by atoms with Crippen LogP contribution in [0.1, 0.15) is 0 Å². The Labute approximate surface area is 150 Å². The summed E-state index contributed by atoms with van der Waals surface area (Å²) in [5.74, 6) is 1.96. The van der Waals surface area contributed by atoms with Crippen molar-refractivity contribution in [2.24, 2.45) is 0 Å². The molecule has 26 heavy (non-hydrogen) atoms. The predicted octanol–water partition coefficient (Wildman–Crippen LogP) is 1.60. The van der Waals surface area contributed by atoms with Crippen LogP contribution < -0.4 is 25.0 Å². The molecule has 2 aromatic rings. The minimum Gasteiger partial charge on any atom is -0.454 e. The fourth-order valence-corrected chi connectivity index (χ4v) is 2.82. The third-order valence-electron chi connectivity index (χ3n) is 4.31. The first-order chi connectivity index (χ1) is 12.7. The van der Waals surface area contributed by atoms with Crippen molar-refractivity contribution in [3.63, 3.8) is 0 Å². The third-order valence-corrected chi connectivity index (χ3v) is 4.31. The van der Waals surface area contributed by atoms with E-state index in [1.165, 1.54) is 0 Å². The molecule has 0 aliphatic carbocycles. The Morgan fingerprint density at radius 3 is 2.46 bits per heavy atom. The number of carbonyl (C=O) groups is 1. The Hall–Kier alpha value is -3.07. The summed E-state index contributed by atoms with van der Waals surface area (Å²) < 4.78 is 10.5. The maximum Gasteiger partial charge on any atom is 0.323 e. The Balaban J connectivity index is 1.34. The van der Waals surface area contributed by atoms with Gasteiger partial charge in [-0.2, -0.15) is 0 Å². The van der Waals surface area contributed by atoms with Gasteiger partial charge in [-0.3, -0.25) is 0 Å². The van der Waals surface area contributed by atoms with Gasteiger partial charge in [0.1, 0.15) is 0 Å². The lowest BCUT2D eigenvalue weighted by atomic mass is 10.3. The van der Waals surface area contributed by atoms with Crippen LogP contribution in [0.2, 0.25) is 0 Å². The second kappa shape index (κ2) is 7.04. The van der Waals surface area contributed by atoms with E-state index in [0.29, 0.717) is 28.8 Å². The second-order valence-electron chi connectivity index (χ2n) is 6.21. The van der Waals surface area contributed by atoms with Crippen LogP contribution in [0, 0.1) is 0 Å². The minimum absolute atomic E-state index is 0.196. The maximum atomic E-state index is 12.1. The number of fused-ring (bicyclic) bond motifs is 1. The zero-order chi connectivity index (χ0) is 17.9. The van der Waals surface area contributed by atoms with Gasteiger partial charge in [-0.25, -0.2) is 14.8 Å². The van der Waals surface area contributed by atoms with Crippen LogP contribution in [-0.4, -0.2) is 60.9 Å². The smallest absolute Gasteiger partial charge is 0.323 e. The summed E-state index contributed by atoms with van der Waals surface area (Å²) in [5, 5.41) is 5.47. The number of likely N-dealkylation sites (N-methyl/N-ethyl adjacent to an activating group) is 1. The highest BCUT2D eigenvalue weighted by Gasteiger charge is 2.17. The normalized spacial score (nSPS) is 16.4. The number of nitrogens with zero attached hydrogens (tertiary/aromatic N) is 4. The Kier molecular flexibility index (Phi) is 4.44. The number of aromatic nitrogens is 2. The largest absolute Gasteiger partial charge is 0.454 e. The molecule has 1 saturated heterocycles. The molecule has 0 bridgehead atoms. The Bertz CT molecular complexity index is 790. The van der Waals surface area contributed by atoms with Crippen molar-refractivity contribution in [3.05, 3.63) is 30.6 Å². The minimum atomic E-state index is -0.375. The van der Waals surface area contributed by atoms with Gasteiger partial charge in [0.25, 0.3) is 0 Å². The molecule has 1 aromatic carbocycles. The van der Waals surface area contributed by atoms with Crippen LogP contribution in [0.3, 0.4) is 0 Å². The van der Waals surface area contributed by atoms with E-state index in [1.54, 1.807) is 30.6 Å². The van der Waals surface area contributed by atoms with Gasteiger partial charge in [0.2, 0.25) is 12.7 Å². The number of piperazine rings is 1. The van der Waals surface area contributed by atoms with E-state index in [9.17, 15) is 4.79 Å². The van der Waals surface area contributed by atoms with Crippen LogP contribution in [-0.2, 0) is 0 Å². The zero-order valence-electron chi connectivity index (χ0n) is 14.4. The molecule has 1 fully saturated rings. The van der Waals surface area contributed by atoms with Crippen LogP contribution in [0.5, 0.6) is 11.5 Å². The van der Waals surface area contributed by atoms with Gasteiger partial charge in [0.15, 0.2) is 11.5 Å². The summed E-state index contributed by atoms with van der Waals surface area (Å²) in [5.41, 5.74) is 1.14. The highest BCUT2D eigenvalue weighted by molar-refractivity contribution is 5.99. The molecule has 2 amide bonds. The molecule has 0 radical (unpaired) electrons. The van der Waals surface area contributed by atoms with E-state index in [4.69, 9.17) is 9.47 Å². The van der Waals surface area contributed by atoms with Crippen molar-refractivity contribution < 1.29 is 14.3 Å². The third kappa shape index (κ3) is 3.62. The topological polar surface area (TPSA) is 91.9 Å². The van der Waals surface area contributed by atoms with Crippen molar-refractivity contribution in [3.8, 4) is 11.5 Å². The zero-order valence-corrected chi connectivity index (χ0v) is 14.4. The number of rotatable bonds is 3. The predicted molar refractivity (Wildman–Crippen MR) is 96.9 cm³/mol. The molecule has 2 aliphatic rings. The lowest BCUT2D eigenvalue weighted by Gasteiger charge is -2.32. The molecule has 0 spiro atoms. The SMILES string of the molecule is CN1CCN(c2ncc(NC(=O)Nc3ccc4c(c3)OCO4)cn2)CC1. The van der Waals surface area contributed by atoms with Crippen molar-refractivity contribution >= 4 is 23.4 Å². The van der Waals surface area contributed by atoms with E-state index < -0.39 is 0 Å². The van der Waals surface area contributed by atoms with Gasteiger partial charge < -0.3 is 29.9 Å². The van der Waals surface area contributed by atoms with Crippen molar-refractivity contribution in [1.29, 1.82) is 0 Å².